The SMILES string of the molecule is CCCC[C@H](C)[C@H](OC(=O)C[C@@H](CC(=O)O)C(=O)O)[C@H](C[C@H](C)CCCCCC[C@H](O)[C@H](O)[C@H](O)[C@H](C)N)OC(=O)C[C@@H](CC(=O)O)C(=O)O. The molecule has 0 aromatic heterocycles. The number of nitrogens with two attached hydrogens (primary N) is 1. The van der Waals surface area contributed by atoms with Gasteiger partial charge < -0.3 is 51.0 Å². The van der Waals surface area contributed by atoms with Crippen molar-refractivity contribution in [3.63, 3.8) is 0 Å². The second kappa shape index (κ2) is 24.7. The third-order valence-corrected chi connectivity index (χ3v) is 8.72. The maximum absolute atomic E-state index is 13.0. The molecule has 0 unspecified atom stereocenters. The fraction of sp³-hybridized carbons (Fsp3) is 0.824. The highest BCUT2D eigenvalue weighted by Crippen LogP contribution is 2.29. The van der Waals surface area contributed by atoms with E-state index < -0.39 is 116 Å². The molecule has 10 atom stereocenters. The number of aliphatic hydroxyl groups excluding tert-OH is 3. The lowest BCUT2D eigenvalue weighted by Crippen LogP contribution is -2.46. The predicted octanol–water partition coefficient (Wildman–Crippen LogP) is 2.56. The summed E-state index contributed by atoms with van der Waals surface area (Å²) in [5, 5.41) is 67.1. The topological polar surface area (TPSA) is 289 Å². The summed E-state index contributed by atoms with van der Waals surface area (Å²) in [6.07, 6.45) is -3.29. The van der Waals surface area contributed by atoms with E-state index in [1.54, 1.807) is 6.92 Å². The molecule has 0 rings (SSSR count). The average molecular weight is 722 g/mol. The van der Waals surface area contributed by atoms with Gasteiger partial charge in [0.2, 0.25) is 0 Å². The molecule has 290 valence electrons. The van der Waals surface area contributed by atoms with Crippen LogP contribution in [0.1, 0.15) is 118 Å². The summed E-state index contributed by atoms with van der Waals surface area (Å²) in [6, 6.07) is -0.705. The van der Waals surface area contributed by atoms with Gasteiger partial charge in [-0.05, 0) is 38.0 Å². The molecule has 16 nitrogen and oxygen atoms in total. The van der Waals surface area contributed by atoms with Crippen LogP contribution in [-0.2, 0) is 38.2 Å². The zero-order valence-electron chi connectivity index (χ0n) is 29.6. The van der Waals surface area contributed by atoms with Gasteiger partial charge in [0.25, 0.3) is 0 Å². The van der Waals surface area contributed by atoms with E-state index in [1.165, 1.54) is 6.92 Å². The lowest BCUT2D eigenvalue weighted by atomic mass is 9.87. The fourth-order valence-electron chi connectivity index (χ4n) is 5.66. The summed E-state index contributed by atoms with van der Waals surface area (Å²) in [5.74, 6) is -11.5. The molecule has 0 aromatic carbocycles. The highest BCUT2D eigenvalue weighted by atomic mass is 16.6. The Morgan fingerprint density at radius 1 is 0.620 bits per heavy atom. The number of aliphatic hydroxyl groups is 3. The smallest absolute Gasteiger partial charge is 0.307 e. The lowest BCUT2D eigenvalue weighted by molar-refractivity contribution is -0.177. The molecular weight excluding hydrogens is 662 g/mol. The Morgan fingerprint density at radius 2 is 1.10 bits per heavy atom. The highest BCUT2D eigenvalue weighted by Gasteiger charge is 2.37. The summed E-state index contributed by atoms with van der Waals surface area (Å²) in [4.78, 5) is 71.6. The lowest BCUT2D eigenvalue weighted by Gasteiger charge is -2.33. The van der Waals surface area contributed by atoms with Crippen molar-refractivity contribution in [2.75, 3.05) is 0 Å². The fourth-order valence-corrected chi connectivity index (χ4v) is 5.66. The Kier molecular flexibility index (Phi) is 23.1. The molecule has 16 heteroatoms. The van der Waals surface area contributed by atoms with Crippen LogP contribution in [-0.4, -0.2) is 108 Å². The van der Waals surface area contributed by atoms with Crippen LogP contribution in [0.4, 0.5) is 0 Å². The van der Waals surface area contributed by atoms with Crippen molar-refractivity contribution in [2.45, 2.75) is 154 Å². The minimum atomic E-state index is -1.56. The van der Waals surface area contributed by atoms with Gasteiger partial charge in [0.15, 0.2) is 0 Å². The Morgan fingerprint density at radius 3 is 1.54 bits per heavy atom. The number of carbonyl (C=O) groups excluding carboxylic acids is 2. The van der Waals surface area contributed by atoms with Crippen LogP contribution in [0.3, 0.4) is 0 Å². The van der Waals surface area contributed by atoms with Crippen LogP contribution < -0.4 is 5.73 Å². The molecule has 0 aliphatic rings. The minimum absolute atomic E-state index is 0.131. The number of aliphatic carboxylic acids is 4. The van der Waals surface area contributed by atoms with E-state index in [4.69, 9.17) is 25.4 Å². The first-order valence-corrected chi connectivity index (χ1v) is 17.4. The van der Waals surface area contributed by atoms with Crippen molar-refractivity contribution < 1.29 is 74.0 Å². The molecule has 0 aromatic rings. The summed E-state index contributed by atoms with van der Waals surface area (Å²) in [6.45, 7) is 7.10. The first kappa shape index (κ1) is 46.7. The van der Waals surface area contributed by atoms with E-state index in [0.717, 1.165) is 12.8 Å². The maximum atomic E-state index is 13.0. The first-order valence-electron chi connectivity index (χ1n) is 17.4. The number of esters is 2. The van der Waals surface area contributed by atoms with E-state index in [0.29, 0.717) is 38.5 Å². The molecule has 0 heterocycles. The van der Waals surface area contributed by atoms with Gasteiger partial charge in [0.1, 0.15) is 18.3 Å². The van der Waals surface area contributed by atoms with Crippen LogP contribution in [0.15, 0.2) is 0 Å². The molecule has 0 amide bonds. The monoisotopic (exact) mass is 721 g/mol. The number of unbranched alkanes of at least 4 members (excludes halogenated alkanes) is 4. The van der Waals surface area contributed by atoms with Gasteiger partial charge in [0.05, 0.1) is 49.7 Å². The van der Waals surface area contributed by atoms with Crippen LogP contribution in [0.5, 0.6) is 0 Å². The molecule has 0 aliphatic carbocycles. The Hall–Kier alpha value is -3.34. The van der Waals surface area contributed by atoms with Crippen LogP contribution in [0, 0.1) is 23.7 Å². The molecule has 50 heavy (non-hydrogen) atoms. The average Bonchev–Trinajstić information content (AvgIpc) is 3.01. The number of hydrogen-bond acceptors (Lipinski definition) is 12. The van der Waals surface area contributed by atoms with Crippen molar-refractivity contribution in [3.8, 4) is 0 Å². The van der Waals surface area contributed by atoms with E-state index in [9.17, 15) is 54.3 Å². The van der Waals surface area contributed by atoms with E-state index in [2.05, 4.69) is 0 Å². The summed E-state index contributed by atoms with van der Waals surface area (Å²) in [5.41, 5.74) is 5.58. The number of ether oxygens (including phenoxy) is 2. The van der Waals surface area contributed by atoms with Crippen LogP contribution >= 0.6 is 0 Å². The van der Waals surface area contributed by atoms with Crippen molar-refractivity contribution in [1.29, 1.82) is 0 Å². The van der Waals surface area contributed by atoms with E-state index in [-0.39, 0.29) is 18.8 Å². The number of carbonyl (C=O) groups is 6. The third kappa shape index (κ3) is 19.7. The second-order valence-electron chi connectivity index (χ2n) is 13.5. The van der Waals surface area contributed by atoms with Gasteiger partial charge in [-0.1, -0.05) is 65.7 Å². The zero-order chi connectivity index (χ0) is 38.6. The molecule has 0 radical (unpaired) electrons. The first-order chi connectivity index (χ1) is 23.3. The largest absolute Gasteiger partial charge is 0.481 e. The standard InChI is InChI=1S/C34H59NO15/c1-5-6-12-20(3)32(50-29(42)18-23(34(47)48)16-27(39)40)25(49-28(41)17-22(33(45)46)15-26(37)38)14-19(2)11-9-7-8-10-13-24(36)31(44)30(43)21(4)35/h19-25,30-32,36,43-44H,5-18,35H2,1-4H3,(H,37,38)(H,39,40)(H,45,46)(H,47,48)/t19-,20+,21+,22-,23-,24+,25+,30-,31+,32+/m1/s1. The number of carboxylic acids is 4. The van der Waals surface area contributed by atoms with Gasteiger partial charge in [0, 0.05) is 6.04 Å². The quantitative estimate of drug-likeness (QED) is 0.0407. The second-order valence-corrected chi connectivity index (χ2v) is 13.5. The van der Waals surface area contributed by atoms with Crippen LogP contribution in [0.25, 0.3) is 0 Å². The van der Waals surface area contributed by atoms with Crippen molar-refractivity contribution in [3.05, 3.63) is 0 Å². The number of carboxylic acid groups (broad SMARTS) is 4. The predicted molar refractivity (Wildman–Crippen MR) is 178 cm³/mol. The van der Waals surface area contributed by atoms with Crippen molar-refractivity contribution in [1.82, 2.24) is 0 Å². The molecular formula is C34H59NO15. The Labute approximate surface area is 293 Å². The molecule has 0 saturated carbocycles. The molecule has 0 aliphatic heterocycles. The van der Waals surface area contributed by atoms with Crippen molar-refractivity contribution in [2.24, 2.45) is 29.4 Å². The number of hydrogen-bond donors (Lipinski definition) is 8. The molecule has 0 fully saturated rings. The van der Waals surface area contributed by atoms with E-state index in [1.807, 2.05) is 13.8 Å². The molecule has 9 N–H and O–H groups in total. The molecule has 0 bridgehead atoms. The highest BCUT2D eigenvalue weighted by molar-refractivity contribution is 5.83. The summed E-state index contributed by atoms with van der Waals surface area (Å²) in [7, 11) is 0. The van der Waals surface area contributed by atoms with Crippen molar-refractivity contribution >= 4 is 35.8 Å². The van der Waals surface area contributed by atoms with Gasteiger partial charge in [-0.2, -0.15) is 0 Å². The van der Waals surface area contributed by atoms with Crippen LogP contribution in [0.2, 0.25) is 0 Å². The zero-order valence-corrected chi connectivity index (χ0v) is 29.6. The van der Waals surface area contributed by atoms with Gasteiger partial charge in [-0.3, -0.25) is 28.8 Å². The third-order valence-electron chi connectivity index (χ3n) is 8.72. The van der Waals surface area contributed by atoms with Gasteiger partial charge >= 0.3 is 35.8 Å². The van der Waals surface area contributed by atoms with Gasteiger partial charge in [-0.15, -0.1) is 0 Å². The summed E-state index contributed by atoms with van der Waals surface area (Å²) >= 11 is 0. The van der Waals surface area contributed by atoms with E-state index >= 15 is 0 Å². The van der Waals surface area contributed by atoms with Gasteiger partial charge in [-0.25, -0.2) is 0 Å². The Bertz CT molecular complexity index is 1070. The minimum Gasteiger partial charge on any atom is -0.481 e. The Balaban J connectivity index is 5.87. The number of rotatable bonds is 29. The molecule has 0 spiro atoms. The summed E-state index contributed by atoms with van der Waals surface area (Å²) < 4.78 is 11.5. The molecule has 0 saturated heterocycles. The normalized spacial score (nSPS) is 17.5. The maximum Gasteiger partial charge on any atom is 0.307 e.